The van der Waals surface area contributed by atoms with E-state index >= 15 is 0 Å². The van der Waals surface area contributed by atoms with Gasteiger partial charge in [-0.25, -0.2) is 4.79 Å². The van der Waals surface area contributed by atoms with Gasteiger partial charge in [-0.2, -0.15) is 0 Å². The van der Waals surface area contributed by atoms with Crippen molar-refractivity contribution in [3.63, 3.8) is 0 Å². The van der Waals surface area contributed by atoms with E-state index in [2.05, 4.69) is 0 Å². The average Bonchev–Trinajstić information content (AvgIpc) is 2.74. The molecule has 0 aliphatic rings. The van der Waals surface area contributed by atoms with Gasteiger partial charge in [0, 0.05) is 30.2 Å². The third-order valence-corrected chi connectivity index (χ3v) is 3.67. The van der Waals surface area contributed by atoms with Gasteiger partial charge in [0.25, 0.3) is 0 Å². The van der Waals surface area contributed by atoms with Crippen LogP contribution in [0.2, 0.25) is 0 Å². The van der Waals surface area contributed by atoms with E-state index in [0.717, 1.165) is 22.0 Å². The Kier molecular flexibility index (Phi) is 3.83. The quantitative estimate of drug-likeness (QED) is 0.796. The minimum Gasteiger partial charge on any atom is -0.478 e. The van der Waals surface area contributed by atoms with E-state index in [1.165, 1.54) is 0 Å². The number of carboxylic acid groups (broad SMARTS) is 1. The Morgan fingerprint density at radius 2 is 2.10 bits per heavy atom. The van der Waals surface area contributed by atoms with Crippen LogP contribution in [0.15, 0.2) is 12.3 Å². The van der Waals surface area contributed by atoms with Crippen molar-refractivity contribution in [2.24, 2.45) is 5.73 Å². The zero-order valence-electron chi connectivity index (χ0n) is 12.0. The Hall–Kier alpha value is -1.85. The fourth-order valence-corrected chi connectivity index (χ4v) is 2.78. The van der Waals surface area contributed by atoms with Crippen molar-refractivity contribution in [1.82, 2.24) is 4.57 Å². The highest BCUT2D eigenvalue weighted by Gasteiger charge is 2.20. The summed E-state index contributed by atoms with van der Waals surface area (Å²) in [5, 5.41) is 20.1. The van der Waals surface area contributed by atoms with Gasteiger partial charge < -0.3 is 20.5 Å². The second kappa shape index (κ2) is 5.26. The number of fused-ring (bicyclic) bond motifs is 1. The summed E-state index contributed by atoms with van der Waals surface area (Å²) in [5.74, 6) is -0.949. The molecule has 0 aliphatic carbocycles. The van der Waals surface area contributed by atoms with Crippen LogP contribution in [0, 0.1) is 13.8 Å². The Morgan fingerprint density at radius 1 is 1.45 bits per heavy atom. The predicted molar refractivity (Wildman–Crippen MR) is 78.1 cm³/mol. The zero-order valence-corrected chi connectivity index (χ0v) is 12.0. The number of carboxylic acids is 1. The van der Waals surface area contributed by atoms with Gasteiger partial charge in [0.1, 0.15) is 0 Å². The third-order valence-electron chi connectivity index (χ3n) is 3.67. The van der Waals surface area contributed by atoms with E-state index in [9.17, 15) is 15.0 Å². The first-order valence-electron chi connectivity index (χ1n) is 6.62. The maximum atomic E-state index is 11.3. The maximum absolute atomic E-state index is 11.3. The maximum Gasteiger partial charge on any atom is 0.335 e. The molecule has 4 N–H and O–H groups in total. The molecule has 0 saturated heterocycles. The standard InChI is InChI=1S/C15H20N2O3/c1-8-6-11(15(19)20)9(2)13-12(10(3)18)7-17(5-4-16)14(8)13/h6-7,10,18H,4-5,16H2,1-3H3,(H,19,20). The second-order valence-corrected chi connectivity index (χ2v) is 5.14. The van der Waals surface area contributed by atoms with Gasteiger partial charge in [0.2, 0.25) is 0 Å². The van der Waals surface area contributed by atoms with E-state index in [1.807, 2.05) is 17.7 Å². The first kappa shape index (κ1) is 14.6. The second-order valence-electron chi connectivity index (χ2n) is 5.14. The molecule has 0 aliphatic heterocycles. The Bertz CT molecular complexity index is 672. The molecule has 0 radical (unpaired) electrons. The largest absolute Gasteiger partial charge is 0.478 e. The molecule has 0 bridgehead atoms. The number of nitrogens with two attached hydrogens (primary N) is 1. The van der Waals surface area contributed by atoms with E-state index in [1.54, 1.807) is 19.9 Å². The summed E-state index contributed by atoms with van der Waals surface area (Å²) in [7, 11) is 0. The first-order valence-corrected chi connectivity index (χ1v) is 6.62. The number of benzene rings is 1. The van der Waals surface area contributed by atoms with Crippen LogP contribution < -0.4 is 5.73 Å². The molecule has 20 heavy (non-hydrogen) atoms. The Balaban J connectivity index is 2.90. The van der Waals surface area contributed by atoms with Crippen LogP contribution in [-0.4, -0.2) is 27.3 Å². The van der Waals surface area contributed by atoms with Crippen LogP contribution in [0.3, 0.4) is 0 Å². The highest BCUT2D eigenvalue weighted by molar-refractivity contribution is 6.00. The molecule has 1 heterocycles. The van der Waals surface area contributed by atoms with Crippen molar-refractivity contribution in [3.05, 3.63) is 34.5 Å². The lowest BCUT2D eigenvalue weighted by Gasteiger charge is -2.11. The smallest absolute Gasteiger partial charge is 0.335 e. The van der Waals surface area contributed by atoms with Crippen LogP contribution in [0.5, 0.6) is 0 Å². The molecule has 2 rings (SSSR count). The lowest BCUT2D eigenvalue weighted by atomic mass is 9.97. The number of hydrogen-bond acceptors (Lipinski definition) is 3. The number of aryl methyl sites for hydroxylation is 2. The van der Waals surface area contributed by atoms with Crippen molar-refractivity contribution in [1.29, 1.82) is 0 Å². The lowest BCUT2D eigenvalue weighted by molar-refractivity contribution is 0.0696. The van der Waals surface area contributed by atoms with Gasteiger partial charge in [-0.1, -0.05) is 0 Å². The van der Waals surface area contributed by atoms with E-state index in [4.69, 9.17) is 5.73 Å². The number of nitrogens with zero attached hydrogens (tertiary/aromatic N) is 1. The highest BCUT2D eigenvalue weighted by atomic mass is 16.4. The Labute approximate surface area is 117 Å². The average molecular weight is 276 g/mol. The van der Waals surface area contributed by atoms with Gasteiger partial charge in [-0.05, 0) is 38.0 Å². The van der Waals surface area contributed by atoms with E-state index in [-0.39, 0.29) is 5.56 Å². The monoisotopic (exact) mass is 276 g/mol. The normalized spacial score (nSPS) is 12.8. The molecule has 1 unspecified atom stereocenters. The van der Waals surface area contributed by atoms with Gasteiger partial charge in [0.05, 0.1) is 17.2 Å². The molecule has 1 atom stereocenters. The molecule has 108 valence electrons. The van der Waals surface area contributed by atoms with Crippen LogP contribution in [0.4, 0.5) is 0 Å². The molecular weight excluding hydrogens is 256 g/mol. The highest BCUT2D eigenvalue weighted by Crippen LogP contribution is 2.33. The number of carbonyl (C=O) groups is 1. The van der Waals surface area contributed by atoms with Crippen LogP contribution in [0.25, 0.3) is 10.9 Å². The predicted octanol–water partition coefficient (Wildman–Crippen LogP) is 1.97. The SMILES string of the molecule is Cc1c(C(=O)O)cc(C)c2c1c(C(C)O)cn2CCN. The molecular formula is C15H20N2O3. The minimum absolute atomic E-state index is 0.280. The van der Waals surface area contributed by atoms with Gasteiger partial charge >= 0.3 is 5.97 Å². The fraction of sp³-hybridized carbons (Fsp3) is 0.400. The number of aromatic nitrogens is 1. The molecule has 2 aromatic rings. The summed E-state index contributed by atoms with van der Waals surface area (Å²) in [5.41, 5.74) is 9.17. The van der Waals surface area contributed by atoms with Crippen LogP contribution in [0.1, 0.15) is 40.1 Å². The number of aliphatic hydroxyl groups is 1. The molecule has 5 heteroatoms. The summed E-state index contributed by atoms with van der Waals surface area (Å²) >= 11 is 0. The van der Waals surface area contributed by atoms with Gasteiger partial charge in [0.15, 0.2) is 0 Å². The number of aliphatic hydroxyl groups excluding tert-OH is 1. The fourth-order valence-electron chi connectivity index (χ4n) is 2.78. The summed E-state index contributed by atoms with van der Waals surface area (Å²) in [6.07, 6.45) is 1.21. The number of rotatable bonds is 4. The number of hydrogen-bond donors (Lipinski definition) is 3. The molecule has 5 nitrogen and oxygen atoms in total. The van der Waals surface area contributed by atoms with Crippen molar-refractivity contribution in [3.8, 4) is 0 Å². The number of aromatic carboxylic acids is 1. The molecule has 1 aromatic heterocycles. The Morgan fingerprint density at radius 3 is 2.60 bits per heavy atom. The van der Waals surface area contributed by atoms with Crippen molar-refractivity contribution < 1.29 is 15.0 Å². The van der Waals surface area contributed by atoms with Crippen LogP contribution >= 0.6 is 0 Å². The van der Waals surface area contributed by atoms with Crippen molar-refractivity contribution in [2.45, 2.75) is 33.4 Å². The van der Waals surface area contributed by atoms with Crippen molar-refractivity contribution >= 4 is 16.9 Å². The van der Waals surface area contributed by atoms with Crippen molar-refractivity contribution in [2.75, 3.05) is 6.54 Å². The van der Waals surface area contributed by atoms with E-state index in [0.29, 0.717) is 18.7 Å². The molecule has 0 spiro atoms. The molecule has 0 saturated carbocycles. The topological polar surface area (TPSA) is 88.5 Å². The molecule has 0 amide bonds. The summed E-state index contributed by atoms with van der Waals surface area (Å²) in [6, 6.07) is 1.68. The summed E-state index contributed by atoms with van der Waals surface area (Å²) < 4.78 is 1.99. The first-order chi connectivity index (χ1) is 9.38. The summed E-state index contributed by atoms with van der Waals surface area (Å²) in [6.45, 7) is 6.47. The van der Waals surface area contributed by atoms with Gasteiger partial charge in [-0.3, -0.25) is 0 Å². The van der Waals surface area contributed by atoms with Gasteiger partial charge in [-0.15, -0.1) is 0 Å². The summed E-state index contributed by atoms with van der Waals surface area (Å²) in [4.78, 5) is 11.3. The van der Waals surface area contributed by atoms with E-state index < -0.39 is 12.1 Å². The lowest BCUT2D eigenvalue weighted by Crippen LogP contribution is -2.09. The van der Waals surface area contributed by atoms with Crippen LogP contribution in [-0.2, 0) is 6.54 Å². The zero-order chi connectivity index (χ0) is 15.0. The molecule has 0 fully saturated rings. The third kappa shape index (κ3) is 2.19. The molecule has 1 aromatic carbocycles. The minimum atomic E-state index is -0.949.